The molecule has 6 heteroatoms. The van der Waals surface area contributed by atoms with E-state index in [0.29, 0.717) is 42.4 Å². The average molecular weight is 377 g/mol. The van der Waals surface area contributed by atoms with Gasteiger partial charge in [-0.05, 0) is 18.2 Å². The third kappa shape index (κ3) is 2.96. The molecule has 28 heavy (non-hydrogen) atoms. The van der Waals surface area contributed by atoms with Gasteiger partial charge in [0, 0.05) is 17.0 Å². The Morgan fingerprint density at radius 2 is 1.93 bits per heavy atom. The van der Waals surface area contributed by atoms with E-state index in [-0.39, 0.29) is 17.3 Å². The molecule has 3 heterocycles. The van der Waals surface area contributed by atoms with Crippen molar-refractivity contribution in [1.82, 2.24) is 0 Å². The zero-order valence-corrected chi connectivity index (χ0v) is 15.2. The first-order valence-electron chi connectivity index (χ1n) is 9.36. The van der Waals surface area contributed by atoms with Crippen molar-refractivity contribution in [1.29, 1.82) is 0 Å². The number of furan rings is 1. The van der Waals surface area contributed by atoms with E-state index in [1.165, 1.54) is 11.0 Å². The van der Waals surface area contributed by atoms with Crippen LogP contribution in [0.25, 0.3) is 17.0 Å². The zero-order chi connectivity index (χ0) is 19.1. The third-order valence-corrected chi connectivity index (χ3v) is 5.24. The number of Topliss-reactive ketones (excluding diaryl/α,β-unsaturated/α-hetero) is 1. The molecule has 1 saturated heterocycles. The lowest BCUT2D eigenvalue weighted by molar-refractivity contribution is -0.921. The molecule has 2 aliphatic rings. The highest BCUT2D eigenvalue weighted by molar-refractivity contribution is 6.14. The van der Waals surface area contributed by atoms with Gasteiger partial charge in [0.2, 0.25) is 5.78 Å². The fraction of sp³-hybridized carbons (Fsp3) is 0.227. The van der Waals surface area contributed by atoms with Gasteiger partial charge >= 0.3 is 0 Å². The quantitative estimate of drug-likeness (QED) is 0.701. The van der Waals surface area contributed by atoms with Gasteiger partial charge < -0.3 is 23.9 Å². The van der Waals surface area contributed by atoms with E-state index in [4.69, 9.17) is 13.9 Å². The van der Waals surface area contributed by atoms with Gasteiger partial charge in [-0.3, -0.25) is 4.79 Å². The van der Waals surface area contributed by atoms with E-state index in [0.717, 1.165) is 24.1 Å². The van der Waals surface area contributed by atoms with Crippen molar-refractivity contribution in [3.8, 4) is 11.5 Å². The van der Waals surface area contributed by atoms with Gasteiger partial charge in [-0.1, -0.05) is 30.0 Å². The number of allylic oxidation sites excluding steroid dienone is 1. The van der Waals surface area contributed by atoms with E-state index < -0.39 is 0 Å². The Bertz CT molecular complexity index is 1060. The van der Waals surface area contributed by atoms with Gasteiger partial charge in [-0.15, -0.1) is 0 Å². The normalized spacial score (nSPS) is 18.6. The molecular weight excluding hydrogens is 358 g/mol. The van der Waals surface area contributed by atoms with E-state index in [1.807, 2.05) is 30.3 Å². The van der Waals surface area contributed by atoms with Crippen LogP contribution >= 0.6 is 0 Å². The summed E-state index contributed by atoms with van der Waals surface area (Å²) in [4.78, 5) is 14.1. The molecule has 0 amide bonds. The van der Waals surface area contributed by atoms with Crippen LogP contribution in [0.1, 0.15) is 21.7 Å². The number of carbonyl (C=O) groups is 1. The molecule has 0 unspecified atom stereocenters. The maximum atomic E-state index is 12.8. The van der Waals surface area contributed by atoms with Crippen molar-refractivity contribution in [3.63, 3.8) is 0 Å². The van der Waals surface area contributed by atoms with Crippen molar-refractivity contribution >= 4 is 22.8 Å². The van der Waals surface area contributed by atoms with E-state index in [1.54, 1.807) is 12.1 Å². The molecule has 1 aromatic heterocycles. The molecular formula is C22H19NO5. The minimum absolute atomic E-state index is 0.101. The number of rotatable bonds is 3. The van der Waals surface area contributed by atoms with Gasteiger partial charge in [-0.25, -0.2) is 0 Å². The number of quaternary nitrogens is 1. The molecule has 1 N–H and O–H groups in total. The van der Waals surface area contributed by atoms with Crippen LogP contribution in [-0.4, -0.2) is 32.1 Å². The lowest BCUT2D eigenvalue weighted by Gasteiger charge is -2.26. The Labute approximate surface area is 161 Å². The summed E-state index contributed by atoms with van der Waals surface area (Å²) in [5, 5.41) is 13.4. The third-order valence-electron chi connectivity index (χ3n) is 5.24. The molecule has 5 rings (SSSR count). The molecule has 0 atom stereocenters. The summed E-state index contributed by atoms with van der Waals surface area (Å²) in [6.07, 6.45) is 1.60. The fourth-order valence-corrected chi connectivity index (χ4v) is 3.75. The Morgan fingerprint density at radius 1 is 1.11 bits per heavy atom. The van der Waals surface area contributed by atoms with Gasteiger partial charge in [0.05, 0.1) is 18.8 Å². The summed E-state index contributed by atoms with van der Waals surface area (Å²) in [6, 6.07) is 12.5. The Kier molecular flexibility index (Phi) is 4.15. The van der Waals surface area contributed by atoms with Crippen LogP contribution in [0.3, 0.4) is 0 Å². The number of hydrogen-bond acceptors (Lipinski definition) is 5. The van der Waals surface area contributed by atoms with Crippen molar-refractivity contribution in [2.45, 2.75) is 6.54 Å². The summed E-state index contributed by atoms with van der Waals surface area (Å²) in [5.41, 5.74) is 1.73. The van der Waals surface area contributed by atoms with Crippen molar-refractivity contribution in [2.75, 3.05) is 26.3 Å². The molecule has 0 bridgehead atoms. The highest BCUT2D eigenvalue weighted by Gasteiger charge is 2.31. The number of nitrogens with one attached hydrogen (secondary N) is 1. The lowest BCUT2D eigenvalue weighted by atomic mass is 10.0. The van der Waals surface area contributed by atoms with Crippen molar-refractivity contribution < 1.29 is 28.7 Å². The number of hydrogen-bond donors (Lipinski definition) is 1. The Hall–Kier alpha value is -3.09. The van der Waals surface area contributed by atoms with Gasteiger partial charge in [0.25, 0.3) is 0 Å². The second kappa shape index (κ2) is 6.82. The Morgan fingerprint density at radius 3 is 2.75 bits per heavy atom. The van der Waals surface area contributed by atoms with E-state index >= 15 is 0 Å². The Balaban J connectivity index is 1.48. The number of benzene rings is 2. The van der Waals surface area contributed by atoms with Gasteiger partial charge in [0.15, 0.2) is 5.76 Å². The van der Waals surface area contributed by atoms with Crippen molar-refractivity contribution in [3.05, 3.63) is 65.1 Å². The van der Waals surface area contributed by atoms with Crippen LogP contribution in [0.5, 0.6) is 11.5 Å². The summed E-state index contributed by atoms with van der Waals surface area (Å²) < 4.78 is 17.0. The number of fused-ring (bicyclic) bond motifs is 2. The highest BCUT2D eigenvalue weighted by atomic mass is 16.5. The number of ketones is 1. The van der Waals surface area contributed by atoms with Crippen LogP contribution in [0.15, 0.2) is 52.6 Å². The first-order valence-corrected chi connectivity index (χ1v) is 9.36. The van der Waals surface area contributed by atoms with Crippen molar-refractivity contribution in [2.24, 2.45) is 0 Å². The predicted octanol–water partition coefficient (Wildman–Crippen LogP) is 1.54. The number of ether oxygens (including phenoxy) is 2. The second-order valence-corrected chi connectivity index (χ2v) is 7.08. The van der Waals surface area contributed by atoms with E-state index in [2.05, 4.69) is 0 Å². The van der Waals surface area contributed by atoms with Crippen LogP contribution < -0.4 is 14.7 Å². The molecule has 2 aromatic carbocycles. The molecule has 1 fully saturated rings. The van der Waals surface area contributed by atoms with E-state index in [9.17, 15) is 9.90 Å². The molecule has 142 valence electrons. The van der Waals surface area contributed by atoms with Crippen LogP contribution in [0.4, 0.5) is 0 Å². The summed E-state index contributed by atoms with van der Waals surface area (Å²) in [7, 11) is 0. The smallest absolute Gasteiger partial charge is 0.232 e. The molecule has 3 aromatic rings. The molecule has 2 aliphatic heterocycles. The first kappa shape index (κ1) is 17.0. The largest absolute Gasteiger partial charge is 0.872 e. The van der Waals surface area contributed by atoms with Gasteiger partial charge in [-0.2, -0.15) is 0 Å². The minimum Gasteiger partial charge on any atom is -0.872 e. The first-order chi connectivity index (χ1) is 13.7. The number of morpholine rings is 1. The zero-order valence-electron chi connectivity index (χ0n) is 15.2. The van der Waals surface area contributed by atoms with Crippen LogP contribution in [-0.2, 0) is 11.3 Å². The standard InChI is InChI=1S/C22H19NO5/c24-18-6-5-16-21(25)20(12-15-11-14-3-1-2-4-19(14)27-15)28-22(16)17(18)13-23-7-9-26-10-8-23/h1-6,11-12,24H,7-10,13H2/b20-12-. The van der Waals surface area contributed by atoms with Crippen LogP contribution in [0.2, 0.25) is 0 Å². The molecule has 0 spiro atoms. The second-order valence-electron chi connectivity index (χ2n) is 7.08. The SMILES string of the molecule is O=C1/C(=C/c2cc3ccccc3o2)Oc2c1ccc([O-])c2C[NH+]1CCOCC1. The maximum absolute atomic E-state index is 12.8. The average Bonchev–Trinajstić information content (AvgIpc) is 3.26. The molecule has 6 nitrogen and oxygen atoms in total. The highest BCUT2D eigenvalue weighted by Crippen LogP contribution is 2.38. The minimum atomic E-state index is -0.228. The van der Waals surface area contributed by atoms with Crippen LogP contribution in [0, 0.1) is 0 Å². The number of carbonyl (C=O) groups excluding carboxylic acids is 1. The summed E-state index contributed by atoms with van der Waals surface area (Å²) in [6.45, 7) is 3.54. The molecule has 0 radical (unpaired) electrons. The maximum Gasteiger partial charge on any atom is 0.232 e. The fourth-order valence-electron chi connectivity index (χ4n) is 3.75. The topological polar surface area (TPSA) is 76.2 Å². The predicted molar refractivity (Wildman–Crippen MR) is 100 cm³/mol. The lowest BCUT2D eigenvalue weighted by Crippen LogP contribution is -3.12. The summed E-state index contributed by atoms with van der Waals surface area (Å²) >= 11 is 0. The summed E-state index contributed by atoms with van der Waals surface area (Å²) in [5.74, 6) is 0.779. The molecule has 0 aliphatic carbocycles. The molecule has 0 saturated carbocycles. The van der Waals surface area contributed by atoms with Gasteiger partial charge in [0.1, 0.15) is 36.7 Å². The monoisotopic (exact) mass is 377 g/mol. The number of para-hydroxylation sites is 1.